The highest BCUT2D eigenvalue weighted by Gasteiger charge is 2.16. The maximum atomic E-state index is 4.88. The highest BCUT2D eigenvalue weighted by atomic mass is 14.8. The Morgan fingerprint density at radius 2 is 1.78 bits per heavy atom. The van der Waals surface area contributed by atoms with Crippen LogP contribution < -0.4 is 0 Å². The van der Waals surface area contributed by atoms with E-state index in [2.05, 4.69) is 74.3 Å². The molecule has 0 aliphatic carbocycles. The van der Waals surface area contributed by atoms with Gasteiger partial charge in [-0.15, -0.1) is 0 Å². The summed E-state index contributed by atoms with van der Waals surface area (Å²) in [5.74, 6) is 0. The van der Waals surface area contributed by atoms with Gasteiger partial charge in [0.25, 0.3) is 0 Å². The minimum atomic E-state index is 0.654. The SMILES string of the molecule is CC(C)=CN=C1CN=C(c2ccc(C)cc2)c2ccccc2C1. The summed E-state index contributed by atoms with van der Waals surface area (Å²) in [6.45, 7) is 6.89. The lowest BCUT2D eigenvalue weighted by Crippen LogP contribution is -2.06. The van der Waals surface area contributed by atoms with E-state index in [1.165, 1.54) is 27.8 Å². The minimum Gasteiger partial charge on any atom is -0.278 e. The average Bonchev–Trinajstić information content (AvgIpc) is 2.73. The van der Waals surface area contributed by atoms with Crippen molar-refractivity contribution in [1.29, 1.82) is 0 Å². The van der Waals surface area contributed by atoms with Crippen molar-refractivity contribution in [3.8, 4) is 0 Å². The third-order valence-electron chi connectivity index (χ3n) is 3.92. The van der Waals surface area contributed by atoms with Gasteiger partial charge in [0.2, 0.25) is 0 Å². The van der Waals surface area contributed by atoms with Crippen LogP contribution in [0.1, 0.15) is 36.1 Å². The highest BCUT2D eigenvalue weighted by Crippen LogP contribution is 2.20. The van der Waals surface area contributed by atoms with Gasteiger partial charge in [-0.05, 0) is 26.3 Å². The second-order valence-electron chi connectivity index (χ2n) is 6.27. The third kappa shape index (κ3) is 3.65. The van der Waals surface area contributed by atoms with Crippen LogP contribution >= 0.6 is 0 Å². The van der Waals surface area contributed by atoms with Crippen molar-refractivity contribution in [3.05, 3.63) is 82.6 Å². The van der Waals surface area contributed by atoms with E-state index >= 15 is 0 Å². The summed E-state index contributed by atoms with van der Waals surface area (Å²) in [5, 5.41) is 0. The van der Waals surface area contributed by atoms with E-state index in [0.29, 0.717) is 6.54 Å². The smallest absolute Gasteiger partial charge is 0.0783 e. The van der Waals surface area contributed by atoms with Gasteiger partial charge in [-0.25, -0.2) is 0 Å². The first-order valence-corrected chi connectivity index (χ1v) is 8.02. The predicted molar refractivity (Wildman–Crippen MR) is 98.7 cm³/mol. The minimum absolute atomic E-state index is 0.654. The number of benzene rings is 2. The van der Waals surface area contributed by atoms with Gasteiger partial charge in [0.05, 0.1) is 12.3 Å². The van der Waals surface area contributed by atoms with Crippen molar-refractivity contribution in [2.75, 3.05) is 6.54 Å². The van der Waals surface area contributed by atoms with Gasteiger partial charge in [0, 0.05) is 29.5 Å². The lowest BCUT2D eigenvalue weighted by molar-refractivity contribution is 1.20. The zero-order valence-corrected chi connectivity index (χ0v) is 14.0. The molecular weight excluding hydrogens is 280 g/mol. The van der Waals surface area contributed by atoms with Gasteiger partial charge in [-0.1, -0.05) is 59.7 Å². The molecule has 2 nitrogen and oxygen atoms in total. The van der Waals surface area contributed by atoms with Crippen LogP contribution in [0.4, 0.5) is 0 Å². The summed E-state index contributed by atoms with van der Waals surface area (Å²) >= 11 is 0. The monoisotopic (exact) mass is 302 g/mol. The number of aryl methyl sites for hydroxylation is 1. The molecule has 0 unspecified atom stereocenters. The molecule has 1 aliphatic heterocycles. The lowest BCUT2D eigenvalue weighted by atomic mass is 9.95. The summed E-state index contributed by atoms with van der Waals surface area (Å²) < 4.78 is 0. The molecule has 0 amide bonds. The Balaban J connectivity index is 2.07. The maximum Gasteiger partial charge on any atom is 0.0783 e. The third-order valence-corrected chi connectivity index (χ3v) is 3.92. The average molecular weight is 302 g/mol. The molecule has 0 atom stereocenters. The first kappa shape index (κ1) is 15.4. The lowest BCUT2D eigenvalue weighted by Gasteiger charge is -2.09. The van der Waals surface area contributed by atoms with Crippen molar-refractivity contribution in [2.45, 2.75) is 27.2 Å². The van der Waals surface area contributed by atoms with Gasteiger partial charge >= 0.3 is 0 Å². The van der Waals surface area contributed by atoms with Crippen LogP contribution in [0.5, 0.6) is 0 Å². The van der Waals surface area contributed by atoms with Gasteiger partial charge in [0.15, 0.2) is 0 Å². The molecule has 1 aliphatic rings. The van der Waals surface area contributed by atoms with Gasteiger partial charge < -0.3 is 0 Å². The van der Waals surface area contributed by atoms with E-state index < -0.39 is 0 Å². The van der Waals surface area contributed by atoms with Crippen LogP contribution in [-0.2, 0) is 6.42 Å². The van der Waals surface area contributed by atoms with Crippen LogP contribution in [0, 0.1) is 6.92 Å². The molecule has 2 aromatic rings. The van der Waals surface area contributed by atoms with E-state index in [0.717, 1.165) is 17.8 Å². The highest BCUT2D eigenvalue weighted by molar-refractivity contribution is 6.16. The van der Waals surface area contributed by atoms with E-state index in [1.54, 1.807) is 0 Å². The van der Waals surface area contributed by atoms with Gasteiger partial charge in [-0.3, -0.25) is 9.98 Å². The van der Waals surface area contributed by atoms with E-state index in [9.17, 15) is 0 Å². The Morgan fingerprint density at radius 3 is 2.52 bits per heavy atom. The standard InChI is InChI=1S/C21H22N2/c1-15(2)13-22-19-12-18-6-4-5-7-20(18)21(23-14-19)17-10-8-16(3)9-11-17/h4-11,13H,12,14H2,1-3H3. The van der Waals surface area contributed by atoms with Crippen LogP contribution in [0.15, 0.2) is 70.3 Å². The van der Waals surface area contributed by atoms with Crippen LogP contribution in [0.3, 0.4) is 0 Å². The number of aliphatic imine (C=N–C) groups is 2. The zero-order valence-electron chi connectivity index (χ0n) is 14.0. The fraction of sp³-hybridized carbons (Fsp3) is 0.238. The molecule has 0 aromatic heterocycles. The molecule has 0 N–H and O–H groups in total. The fourth-order valence-corrected chi connectivity index (χ4v) is 2.70. The molecular formula is C21H22N2. The molecule has 3 rings (SSSR count). The summed E-state index contributed by atoms with van der Waals surface area (Å²) in [5.41, 5.74) is 8.35. The Labute approximate surface area is 138 Å². The second kappa shape index (κ2) is 6.74. The largest absolute Gasteiger partial charge is 0.278 e. The predicted octanol–water partition coefficient (Wildman–Crippen LogP) is 4.75. The number of rotatable bonds is 2. The normalized spacial score (nSPS) is 15.6. The Bertz CT molecular complexity index is 789. The first-order chi connectivity index (χ1) is 11.1. The quantitative estimate of drug-likeness (QED) is 0.764. The fourth-order valence-electron chi connectivity index (χ4n) is 2.70. The summed E-state index contributed by atoms with van der Waals surface area (Å²) in [6.07, 6.45) is 2.79. The zero-order chi connectivity index (χ0) is 16.2. The van der Waals surface area contributed by atoms with Crippen LogP contribution in [-0.4, -0.2) is 18.0 Å². The molecule has 0 bridgehead atoms. The molecule has 0 saturated heterocycles. The molecule has 0 fully saturated rings. The molecule has 0 radical (unpaired) electrons. The topological polar surface area (TPSA) is 24.7 Å². The van der Waals surface area contributed by atoms with Crippen molar-refractivity contribution in [2.24, 2.45) is 9.98 Å². The number of nitrogens with zero attached hydrogens (tertiary/aromatic N) is 2. The molecule has 116 valence electrons. The van der Waals surface area contributed by atoms with E-state index in [-0.39, 0.29) is 0 Å². The second-order valence-corrected chi connectivity index (χ2v) is 6.27. The molecule has 23 heavy (non-hydrogen) atoms. The maximum absolute atomic E-state index is 4.88. The number of hydrogen-bond donors (Lipinski definition) is 0. The van der Waals surface area contributed by atoms with Crippen molar-refractivity contribution in [3.63, 3.8) is 0 Å². The summed E-state index contributed by atoms with van der Waals surface area (Å²) in [6, 6.07) is 17.1. The van der Waals surface area contributed by atoms with Gasteiger partial charge in [-0.2, -0.15) is 0 Å². The van der Waals surface area contributed by atoms with E-state index in [1.807, 2.05) is 6.20 Å². The summed E-state index contributed by atoms with van der Waals surface area (Å²) in [4.78, 5) is 9.51. The van der Waals surface area contributed by atoms with Crippen molar-refractivity contribution < 1.29 is 0 Å². The number of fused-ring (bicyclic) bond motifs is 1. The Kier molecular flexibility index (Phi) is 4.52. The molecule has 0 saturated carbocycles. The number of hydrogen-bond acceptors (Lipinski definition) is 2. The molecule has 2 aromatic carbocycles. The summed E-state index contributed by atoms with van der Waals surface area (Å²) in [7, 11) is 0. The van der Waals surface area contributed by atoms with Crippen molar-refractivity contribution in [1.82, 2.24) is 0 Å². The Hall–Kier alpha value is -2.48. The van der Waals surface area contributed by atoms with Crippen molar-refractivity contribution >= 4 is 11.4 Å². The van der Waals surface area contributed by atoms with E-state index in [4.69, 9.17) is 4.99 Å². The molecule has 0 spiro atoms. The Morgan fingerprint density at radius 1 is 1.04 bits per heavy atom. The number of allylic oxidation sites excluding steroid dienone is 1. The molecule has 2 heteroatoms. The molecule has 1 heterocycles. The van der Waals surface area contributed by atoms with Crippen LogP contribution in [0.2, 0.25) is 0 Å². The first-order valence-electron chi connectivity index (χ1n) is 8.02. The van der Waals surface area contributed by atoms with Gasteiger partial charge in [0.1, 0.15) is 0 Å². The van der Waals surface area contributed by atoms with Crippen LogP contribution in [0.25, 0.3) is 0 Å².